The number of ether oxygens (including phenoxy) is 1. The summed E-state index contributed by atoms with van der Waals surface area (Å²) in [6, 6.07) is 19.7. The number of guanidine groups is 1. The molecule has 1 aliphatic heterocycles. The van der Waals surface area contributed by atoms with Crippen molar-refractivity contribution < 1.29 is 4.74 Å². The van der Waals surface area contributed by atoms with Gasteiger partial charge in [-0.1, -0.05) is 48.9 Å². The van der Waals surface area contributed by atoms with E-state index in [-0.39, 0.29) is 29.4 Å². The minimum Gasteiger partial charge on any atom is -0.378 e. The first-order chi connectivity index (χ1) is 14.3. The molecule has 2 aromatic rings. The average molecular weight is 520 g/mol. The number of benzene rings is 2. The maximum Gasteiger partial charge on any atom is 0.191 e. The molecular formula is C24H33IN4O. The van der Waals surface area contributed by atoms with Crippen molar-refractivity contribution in [1.82, 2.24) is 10.6 Å². The Morgan fingerprint density at radius 3 is 2.30 bits per heavy atom. The standard InChI is InChI=1S/C24H32N4O.HI/c1-25-23(27-19-24(12-5-13-24)21-6-3-2-4-7-21)26-18-20-8-10-22(11-9-20)28-14-16-29-17-15-28;/h2-4,6-11H,5,12-19H2,1H3,(H2,25,26,27);1H. The van der Waals surface area contributed by atoms with Crippen molar-refractivity contribution in [2.24, 2.45) is 4.99 Å². The molecule has 2 aliphatic rings. The molecule has 0 atom stereocenters. The summed E-state index contributed by atoms with van der Waals surface area (Å²) in [5, 5.41) is 7.02. The van der Waals surface area contributed by atoms with E-state index in [0.717, 1.165) is 45.4 Å². The Morgan fingerprint density at radius 1 is 1.00 bits per heavy atom. The van der Waals surface area contributed by atoms with Gasteiger partial charge in [0, 0.05) is 44.3 Å². The third kappa shape index (κ3) is 5.46. The molecule has 1 saturated heterocycles. The Morgan fingerprint density at radius 2 is 1.70 bits per heavy atom. The molecule has 2 fully saturated rings. The van der Waals surface area contributed by atoms with E-state index in [4.69, 9.17) is 4.74 Å². The summed E-state index contributed by atoms with van der Waals surface area (Å²) < 4.78 is 5.44. The zero-order valence-corrected chi connectivity index (χ0v) is 20.1. The predicted octanol–water partition coefficient (Wildman–Crippen LogP) is 3.93. The predicted molar refractivity (Wildman–Crippen MR) is 135 cm³/mol. The van der Waals surface area contributed by atoms with E-state index in [1.54, 1.807) is 0 Å². The van der Waals surface area contributed by atoms with E-state index in [0.29, 0.717) is 0 Å². The summed E-state index contributed by atoms with van der Waals surface area (Å²) in [7, 11) is 1.84. The Hall–Kier alpha value is -1.80. The van der Waals surface area contributed by atoms with Crippen LogP contribution in [0.1, 0.15) is 30.4 Å². The van der Waals surface area contributed by atoms with Gasteiger partial charge in [0.1, 0.15) is 0 Å². The molecule has 1 saturated carbocycles. The smallest absolute Gasteiger partial charge is 0.191 e. The van der Waals surface area contributed by atoms with Gasteiger partial charge in [0.05, 0.1) is 13.2 Å². The number of halogens is 1. The summed E-state index contributed by atoms with van der Waals surface area (Å²) in [6.45, 7) is 5.26. The largest absolute Gasteiger partial charge is 0.378 e. The molecule has 0 bridgehead atoms. The molecule has 5 nitrogen and oxygen atoms in total. The van der Waals surface area contributed by atoms with Gasteiger partial charge in [-0.3, -0.25) is 4.99 Å². The number of nitrogens with zero attached hydrogens (tertiary/aromatic N) is 2. The van der Waals surface area contributed by atoms with Crippen LogP contribution in [0.3, 0.4) is 0 Å². The van der Waals surface area contributed by atoms with Gasteiger partial charge in [0.2, 0.25) is 0 Å². The lowest BCUT2D eigenvalue weighted by atomic mass is 9.64. The van der Waals surface area contributed by atoms with Crippen LogP contribution >= 0.6 is 24.0 Å². The zero-order chi connectivity index (χ0) is 19.9. The number of nitrogens with one attached hydrogen (secondary N) is 2. The van der Waals surface area contributed by atoms with E-state index >= 15 is 0 Å². The number of anilines is 1. The Balaban J connectivity index is 0.00000256. The fourth-order valence-electron chi connectivity index (χ4n) is 4.27. The first kappa shape index (κ1) is 22.9. The second-order valence-electron chi connectivity index (χ2n) is 8.05. The fraction of sp³-hybridized carbons (Fsp3) is 0.458. The van der Waals surface area contributed by atoms with Crippen molar-refractivity contribution in [2.45, 2.75) is 31.2 Å². The highest BCUT2D eigenvalue weighted by Gasteiger charge is 2.38. The topological polar surface area (TPSA) is 48.9 Å². The van der Waals surface area contributed by atoms with Gasteiger partial charge < -0.3 is 20.3 Å². The van der Waals surface area contributed by atoms with Crippen molar-refractivity contribution in [3.05, 3.63) is 65.7 Å². The normalized spacial score (nSPS) is 18.2. The molecule has 0 aromatic heterocycles. The molecule has 30 heavy (non-hydrogen) atoms. The lowest BCUT2D eigenvalue weighted by Gasteiger charge is -2.43. The van der Waals surface area contributed by atoms with E-state index in [2.05, 4.69) is 75.1 Å². The van der Waals surface area contributed by atoms with Crippen LogP contribution in [0, 0.1) is 0 Å². The SMILES string of the molecule is CN=C(NCc1ccc(N2CCOCC2)cc1)NCC1(c2ccccc2)CCC1.I. The summed E-state index contributed by atoms with van der Waals surface area (Å²) in [5.41, 5.74) is 4.22. The highest BCUT2D eigenvalue weighted by atomic mass is 127. The van der Waals surface area contributed by atoms with Gasteiger partial charge in [0.25, 0.3) is 0 Å². The summed E-state index contributed by atoms with van der Waals surface area (Å²) in [4.78, 5) is 6.80. The second kappa shape index (κ2) is 11.0. The molecule has 6 heteroatoms. The van der Waals surface area contributed by atoms with Crippen LogP contribution in [-0.2, 0) is 16.7 Å². The van der Waals surface area contributed by atoms with Gasteiger partial charge in [-0.05, 0) is 36.1 Å². The zero-order valence-electron chi connectivity index (χ0n) is 17.8. The van der Waals surface area contributed by atoms with Crippen LogP contribution in [-0.4, -0.2) is 45.9 Å². The number of hydrogen-bond acceptors (Lipinski definition) is 3. The molecule has 0 unspecified atom stereocenters. The van der Waals surface area contributed by atoms with Crippen molar-refractivity contribution in [2.75, 3.05) is 44.8 Å². The first-order valence-corrected chi connectivity index (χ1v) is 10.7. The summed E-state index contributed by atoms with van der Waals surface area (Å²) in [6.07, 6.45) is 3.78. The van der Waals surface area contributed by atoms with Crippen LogP contribution in [0.25, 0.3) is 0 Å². The molecule has 0 radical (unpaired) electrons. The van der Waals surface area contributed by atoms with Crippen LogP contribution < -0.4 is 15.5 Å². The lowest BCUT2D eigenvalue weighted by Crippen LogP contribution is -2.48. The minimum atomic E-state index is 0. The van der Waals surface area contributed by atoms with Crippen LogP contribution in [0.4, 0.5) is 5.69 Å². The monoisotopic (exact) mass is 520 g/mol. The average Bonchev–Trinajstić information content (AvgIpc) is 2.77. The molecule has 2 N–H and O–H groups in total. The maximum absolute atomic E-state index is 5.44. The van der Waals surface area contributed by atoms with Crippen molar-refractivity contribution in [1.29, 1.82) is 0 Å². The quantitative estimate of drug-likeness (QED) is 0.345. The first-order valence-electron chi connectivity index (χ1n) is 10.7. The van der Waals surface area contributed by atoms with E-state index < -0.39 is 0 Å². The molecule has 162 valence electrons. The van der Waals surface area contributed by atoms with Gasteiger partial charge in [-0.25, -0.2) is 0 Å². The van der Waals surface area contributed by atoms with Crippen molar-refractivity contribution >= 4 is 35.6 Å². The summed E-state index contributed by atoms with van der Waals surface area (Å²) >= 11 is 0. The van der Waals surface area contributed by atoms with Crippen LogP contribution in [0.5, 0.6) is 0 Å². The highest BCUT2D eigenvalue weighted by molar-refractivity contribution is 14.0. The maximum atomic E-state index is 5.44. The molecule has 0 amide bonds. The number of morpholine rings is 1. The molecule has 2 aromatic carbocycles. The molecule has 1 heterocycles. The Kier molecular flexibility index (Phi) is 8.39. The van der Waals surface area contributed by atoms with E-state index in [1.165, 1.54) is 36.1 Å². The summed E-state index contributed by atoms with van der Waals surface area (Å²) in [5.74, 6) is 0.865. The third-order valence-corrected chi connectivity index (χ3v) is 6.29. The van der Waals surface area contributed by atoms with Gasteiger partial charge >= 0.3 is 0 Å². The number of aliphatic imine (C=N–C) groups is 1. The fourth-order valence-corrected chi connectivity index (χ4v) is 4.27. The van der Waals surface area contributed by atoms with Crippen LogP contribution in [0.2, 0.25) is 0 Å². The molecule has 1 aliphatic carbocycles. The Labute approximate surface area is 197 Å². The Bertz CT molecular complexity index is 800. The number of hydrogen-bond donors (Lipinski definition) is 2. The van der Waals surface area contributed by atoms with Gasteiger partial charge in [-0.15, -0.1) is 24.0 Å². The van der Waals surface area contributed by atoms with Gasteiger partial charge in [0.15, 0.2) is 5.96 Å². The lowest BCUT2D eigenvalue weighted by molar-refractivity contribution is 0.122. The highest BCUT2D eigenvalue weighted by Crippen LogP contribution is 2.43. The minimum absolute atomic E-state index is 0. The van der Waals surface area contributed by atoms with E-state index in [9.17, 15) is 0 Å². The van der Waals surface area contributed by atoms with Gasteiger partial charge in [-0.2, -0.15) is 0 Å². The molecule has 0 spiro atoms. The van der Waals surface area contributed by atoms with E-state index in [1.807, 2.05) is 7.05 Å². The second-order valence-corrected chi connectivity index (χ2v) is 8.05. The third-order valence-electron chi connectivity index (χ3n) is 6.29. The van der Waals surface area contributed by atoms with Crippen LogP contribution in [0.15, 0.2) is 59.6 Å². The van der Waals surface area contributed by atoms with Crippen molar-refractivity contribution in [3.63, 3.8) is 0 Å². The van der Waals surface area contributed by atoms with Crippen molar-refractivity contribution in [3.8, 4) is 0 Å². The molecule has 4 rings (SSSR count). The number of rotatable bonds is 6. The molecular weight excluding hydrogens is 487 g/mol.